The second-order valence-electron chi connectivity index (χ2n) is 9.15. The molecule has 0 aromatic heterocycles. The number of halogens is 3. The van der Waals surface area contributed by atoms with Gasteiger partial charge in [-0.1, -0.05) is 30.3 Å². The lowest BCUT2D eigenvalue weighted by molar-refractivity contribution is -0.141. The fourth-order valence-electron chi connectivity index (χ4n) is 4.88. The fraction of sp³-hybridized carbons (Fsp3) is 0.310. The molecule has 200 valence electrons. The third kappa shape index (κ3) is 5.67. The third-order valence-corrected chi connectivity index (χ3v) is 6.81. The molecule has 0 spiro atoms. The maximum atomic E-state index is 14.3. The lowest BCUT2D eigenvalue weighted by Gasteiger charge is -2.47. The number of methoxy groups -OCH3 is 1. The van der Waals surface area contributed by atoms with Gasteiger partial charge in [-0.15, -0.1) is 0 Å². The van der Waals surface area contributed by atoms with Crippen LogP contribution in [0.15, 0.2) is 66.7 Å². The van der Waals surface area contributed by atoms with Crippen molar-refractivity contribution in [2.75, 3.05) is 33.7 Å². The van der Waals surface area contributed by atoms with Gasteiger partial charge in [-0.25, -0.2) is 18.0 Å². The van der Waals surface area contributed by atoms with Gasteiger partial charge in [-0.2, -0.15) is 0 Å². The highest BCUT2D eigenvalue weighted by atomic mass is 19.2. The van der Waals surface area contributed by atoms with Crippen molar-refractivity contribution >= 4 is 11.9 Å². The zero-order valence-electron chi connectivity index (χ0n) is 23.7. The van der Waals surface area contributed by atoms with E-state index in [2.05, 4.69) is 5.32 Å². The molecule has 4 rings (SSSR count). The molecule has 6 nitrogen and oxygen atoms in total. The summed E-state index contributed by atoms with van der Waals surface area (Å²) in [6, 6.07) is 15.7. The number of nitrogens with one attached hydrogen (secondary N) is 1. The number of likely N-dealkylation sites (tertiary alicyclic amines) is 1. The second kappa shape index (κ2) is 11.7. The molecular weight excluding hydrogens is 497 g/mol. The van der Waals surface area contributed by atoms with Crippen LogP contribution in [0.25, 0.3) is 0 Å². The number of carbonyl (C=O) groups is 2. The first-order valence-electron chi connectivity index (χ1n) is 13.6. The Bertz CT molecular complexity index is 1410. The number of hydrogen-bond acceptors (Lipinski definition) is 5. The minimum Gasteiger partial charge on any atom is -0.497 e. The van der Waals surface area contributed by atoms with E-state index < -0.39 is 54.3 Å². The van der Waals surface area contributed by atoms with Crippen molar-refractivity contribution in [1.29, 1.82) is 0 Å². The van der Waals surface area contributed by atoms with Crippen LogP contribution in [0.2, 0.25) is 0 Å². The average Bonchev–Trinajstić information content (AvgIpc) is 2.92. The highest BCUT2D eigenvalue weighted by Crippen LogP contribution is 2.43. The molecule has 3 aromatic rings. The van der Waals surface area contributed by atoms with E-state index in [1.54, 1.807) is 49.5 Å². The van der Waals surface area contributed by atoms with Crippen molar-refractivity contribution in [1.82, 2.24) is 10.2 Å². The molecule has 2 unspecified atom stereocenters. The van der Waals surface area contributed by atoms with Crippen molar-refractivity contribution < 1.29 is 36.3 Å². The minimum absolute atomic E-state index is 0.0492. The van der Waals surface area contributed by atoms with Crippen molar-refractivity contribution in [3.63, 3.8) is 0 Å². The molecule has 3 aromatic carbocycles. The van der Waals surface area contributed by atoms with Crippen LogP contribution in [-0.2, 0) is 21.6 Å². The number of piperidine rings is 1. The molecule has 1 heterocycles. The van der Waals surface area contributed by atoms with E-state index >= 15 is 0 Å². The standard InChI is InChI=1S/C29H29F3N2O4/c1-33-17-22-18-34(27(35)14-20-13-25(31)26(32)16-24(20)30)12-11-29(22,21-9-6-10-23(15-21)37-2)38-28(36)19-7-4-3-5-8-19/h3-10,13,15-16,22,33H,11-12,14,17-18H2,1-2H3/i2D3. The molecule has 1 aliphatic heterocycles. The molecule has 1 aliphatic rings. The Labute approximate surface area is 223 Å². The van der Waals surface area contributed by atoms with Crippen LogP contribution in [0.5, 0.6) is 5.75 Å². The van der Waals surface area contributed by atoms with Crippen LogP contribution >= 0.6 is 0 Å². The van der Waals surface area contributed by atoms with E-state index in [-0.39, 0.29) is 37.4 Å². The van der Waals surface area contributed by atoms with Crippen LogP contribution in [0.1, 0.15) is 32.0 Å². The van der Waals surface area contributed by atoms with Gasteiger partial charge in [0.25, 0.3) is 0 Å². The smallest absolute Gasteiger partial charge is 0.339 e. The summed E-state index contributed by atoms with van der Waals surface area (Å²) in [5.41, 5.74) is -0.811. The van der Waals surface area contributed by atoms with E-state index in [1.807, 2.05) is 0 Å². The Morgan fingerprint density at radius 2 is 1.82 bits per heavy atom. The maximum Gasteiger partial charge on any atom is 0.339 e. The van der Waals surface area contributed by atoms with Crippen molar-refractivity contribution in [2.45, 2.75) is 18.4 Å². The van der Waals surface area contributed by atoms with Crippen LogP contribution in [0.4, 0.5) is 13.2 Å². The highest BCUT2D eigenvalue weighted by molar-refractivity contribution is 5.89. The first-order valence-corrected chi connectivity index (χ1v) is 12.1. The topological polar surface area (TPSA) is 67.9 Å². The lowest BCUT2D eigenvalue weighted by atomic mass is 9.75. The first kappa shape index (κ1) is 23.3. The summed E-state index contributed by atoms with van der Waals surface area (Å²) in [6.07, 6.45) is -0.380. The number of nitrogens with zero attached hydrogens (tertiary/aromatic N) is 1. The number of ether oxygens (including phenoxy) is 2. The number of carbonyl (C=O) groups excluding carboxylic acids is 2. The Morgan fingerprint density at radius 3 is 2.55 bits per heavy atom. The molecule has 0 aliphatic carbocycles. The molecule has 1 amide bonds. The SMILES string of the molecule is [2H]C([2H])([2H])Oc1cccc(C2(OC(=O)c3ccccc3)CCN(C(=O)Cc3cc(F)c(F)cc3F)CC2CNC)c1. The van der Waals surface area contributed by atoms with E-state index in [0.29, 0.717) is 23.3 Å². The lowest BCUT2D eigenvalue weighted by Crippen LogP contribution is -2.56. The van der Waals surface area contributed by atoms with E-state index in [4.69, 9.17) is 13.6 Å². The predicted octanol–water partition coefficient (Wildman–Crippen LogP) is 4.48. The molecule has 2 atom stereocenters. The Balaban J connectivity index is 1.68. The van der Waals surface area contributed by atoms with Gasteiger partial charge in [0.1, 0.15) is 17.2 Å². The van der Waals surface area contributed by atoms with E-state index in [9.17, 15) is 22.8 Å². The minimum atomic E-state index is -2.71. The average molecular weight is 530 g/mol. The summed E-state index contributed by atoms with van der Waals surface area (Å²) >= 11 is 0. The number of amides is 1. The Hall–Kier alpha value is -3.85. The van der Waals surface area contributed by atoms with Gasteiger partial charge in [0, 0.05) is 43.6 Å². The van der Waals surface area contributed by atoms with Crippen LogP contribution in [-0.4, -0.2) is 50.5 Å². The maximum absolute atomic E-state index is 14.3. The summed E-state index contributed by atoms with van der Waals surface area (Å²) in [5, 5.41) is 3.06. The largest absolute Gasteiger partial charge is 0.497 e. The van der Waals surface area contributed by atoms with Crippen LogP contribution in [0, 0.1) is 23.4 Å². The number of rotatable bonds is 8. The van der Waals surface area contributed by atoms with Crippen molar-refractivity contribution in [3.05, 3.63) is 101 Å². The first-order chi connectivity index (χ1) is 19.4. The van der Waals surface area contributed by atoms with Gasteiger partial charge in [0.2, 0.25) is 5.91 Å². The monoisotopic (exact) mass is 529 g/mol. The summed E-state index contributed by atoms with van der Waals surface area (Å²) in [6.45, 7) is 0.421. The number of benzene rings is 3. The van der Waals surface area contributed by atoms with Gasteiger partial charge in [-0.05, 0) is 42.9 Å². The molecule has 1 saturated heterocycles. The quantitative estimate of drug-likeness (QED) is 0.345. The summed E-state index contributed by atoms with van der Waals surface area (Å²) in [4.78, 5) is 28.0. The second-order valence-corrected chi connectivity index (χ2v) is 9.15. The molecule has 9 heteroatoms. The molecule has 0 saturated carbocycles. The third-order valence-electron chi connectivity index (χ3n) is 6.81. The molecule has 0 radical (unpaired) electrons. The van der Waals surface area contributed by atoms with Crippen LogP contribution < -0.4 is 10.1 Å². The highest BCUT2D eigenvalue weighted by Gasteiger charge is 2.48. The van der Waals surface area contributed by atoms with E-state index in [0.717, 1.165) is 0 Å². The zero-order valence-corrected chi connectivity index (χ0v) is 20.7. The Morgan fingerprint density at radius 1 is 1.05 bits per heavy atom. The number of hydrogen-bond donors (Lipinski definition) is 1. The van der Waals surface area contributed by atoms with Gasteiger partial charge in [-0.3, -0.25) is 4.79 Å². The van der Waals surface area contributed by atoms with Crippen molar-refractivity contribution in [2.24, 2.45) is 5.92 Å². The predicted molar refractivity (Wildman–Crippen MR) is 135 cm³/mol. The van der Waals surface area contributed by atoms with Gasteiger partial charge >= 0.3 is 5.97 Å². The van der Waals surface area contributed by atoms with Gasteiger partial charge < -0.3 is 19.7 Å². The molecule has 0 bridgehead atoms. The molecule has 38 heavy (non-hydrogen) atoms. The normalized spacial score (nSPS) is 20.7. The van der Waals surface area contributed by atoms with Crippen LogP contribution in [0.3, 0.4) is 0 Å². The number of esters is 1. The van der Waals surface area contributed by atoms with Crippen molar-refractivity contribution in [3.8, 4) is 5.75 Å². The van der Waals surface area contributed by atoms with Gasteiger partial charge in [0.15, 0.2) is 11.6 Å². The zero-order chi connectivity index (χ0) is 29.8. The summed E-state index contributed by atoms with van der Waals surface area (Å²) in [7, 11) is -1.02. The summed E-state index contributed by atoms with van der Waals surface area (Å²) < 4.78 is 75.1. The van der Waals surface area contributed by atoms with Gasteiger partial charge in [0.05, 0.1) is 23.1 Å². The fourth-order valence-corrected chi connectivity index (χ4v) is 4.88. The Kier molecular flexibility index (Phi) is 7.16. The summed E-state index contributed by atoms with van der Waals surface area (Å²) in [5.74, 6) is -5.26. The van der Waals surface area contributed by atoms with E-state index in [1.165, 1.54) is 17.0 Å². The molecule has 1 fully saturated rings. The molecular formula is C29H29F3N2O4. The molecule has 1 N–H and O–H groups in total.